The van der Waals surface area contributed by atoms with Gasteiger partial charge in [-0.1, -0.05) is 6.92 Å². The average Bonchev–Trinajstić information content (AvgIpc) is 2.20. The molecule has 1 aliphatic rings. The van der Waals surface area contributed by atoms with E-state index in [0.29, 0.717) is 6.04 Å². The first kappa shape index (κ1) is 11.9. The lowest BCUT2D eigenvalue weighted by Crippen LogP contribution is -2.54. The van der Waals surface area contributed by atoms with Crippen molar-refractivity contribution in [3.05, 3.63) is 0 Å². The average molecular weight is 201 g/mol. The highest BCUT2D eigenvalue weighted by molar-refractivity contribution is 4.80. The molecule has 2 unspecified atom stereocenters. The summed E-state index contributed by atoms with van der Waals surface area (Å²) >= 11 is 0. The molecule has 1 heterocycles. The summed E-state index contributed by atoms with van der Waals surface area (Å²) < 4.78 is 0. The van der Waals surface area contributed by atoms with Crippen molar-refractivity contribution < 1.29 is 5.11 Å². The second kappa shape index (κ2) is 5.66. The number of hydrogen-bond donors (Lipinski definition) is 2. The van der Waals surface area contributed by atoms with Gasteiger partial charge in [0.1, 0.15) is 0 Å². The molecule has 4 heteroatoms. The third kappa shape index (κ3) is 3.20. The Morgan fingerprint density at radius 3 is 2.79 bits per heavy atom. The van der Waals surface area contributed by atoms with E-state index in [2.05, 4.69) is 23.8 Å². The molecule has 0 aromatic carbocycles. The maximum absolute atomic E-state index is 8.88. The van der Waals surface area contributed by atoms with Crippen molar-refractivity contribution >= 4 is 0 Å². The van der Waals surface area contributed by atoms with E-state index >= 15 is 0 Å². The number of aliphatic hydroxyl groups excluding tert-OH is 1. The fraction of sp³-hybridized carbons (Fsp3) is 1.00. The number of aliphatic hydroxyl groups is 1. The molecule has 1 saturated heterocycles. The molecule has 84 valence electrons. The van der Waals surface area contributed by atoms with E-state index in [1.54, 1.807) is 0 Å². The maximum Gasteiger partial charge on any atom is 0.0595 e. The maximum atomic E-state index is 8.88. The molecule has 0 amide bonds. The van der Waals surface area contributed by atoms with Crippen LogP contribution in [0, 0.1) is 0 Å². The Morgan fingerprint density at radius 1 is 1.50 bits per heavy atom. The summed E-state index contributed by atoms with van der Waals surface area (Å²) in [5.41, 5.74) is 5.72. The van der Waals surface area contributed by atoms with Gasteiger partial charge in [0.25, 0.3) is 0 Å². The van der Waals surface area contributed by atoms with Crippen molar-refractivity contribution in [2.24, 2.45) is 5.73 Å². The van der Waals surface area contributed by atoms with Gasteiger partial charge in [-0.25, -0.2) is 0 Å². The topological polar surface area (TPSA) is 52.7 Å². The van der Waals surface area contributed by atoms with Crippen molar-refractivity contribution in [2.75, 3.05) is 39.8 Å². The normalized spacial score (nSPS) is 27.9. The second-order valence-electron chi connectivity index (χ2n) is 4.24. The predicted molar refractivity (Wildman–Crippen MR) is 58.2 cm³/mol. The molecule has 2 atom stereocenters. The number of likely N-dealkylation sites (N-methyl/N-ethyl adjacent to an activating group) is 1. The van der Waals surface area contributed by atoms with Crippen LogP contribution in [-0.4, -0.2) is 66.8 Å². The van der Waals surface area contributed by atoms with Gasteiger partial charge in [0, 0.05) is 38.3 Å². The van der Waals surface area contributed by atoms with Crippen LogP contribution in [0.4, 0.5) is 0 Å². The highest BCUT2D eigenvalue weighted by Crippen LogP contribution is 2.10. The molecule has 0 bridgehead atoms. The number of piperazine rings is 1. The lowest BCUT2D eigenvalue weighted by molar-refractivity contribution is 0.0828. The summed E-state index contributed by atoms with van der Waals surface area (Å²) in [6.45, 7) is 6.39. The number of rotatable bonds is 4. The third-order valence-electron chi connectivity index (χ3n) is 3.06. The summed E-state index contributed by atoms with van der Waals surface area (Å²) in [6.07, 6.45) is 1.18. The molecule has 4 nitrogen and oxygen atoms in total. The highest BCUT2D eigenvalue weighted by atomic mass is 16.3. The second-order valence-corrected chi connectivity index (χ2v) is 4.24. The van der Waals surface area contributed by atoms with E-state index in [9.17, 15) is 0 Å². The van der Waals surface area contributed by atoms with Crippen LogP contribution in [0.5, 0.6) is 0 Å². The Bertz CT molecular complexity index is 165. The molecule has 1 fully saturated rings. The standard InChI is InChI=1S/C10H23N3O/c1-3-10-7-13(5-4-12(10)2)6-9(11)8-14/h9-10,14H,3-8,11H2,1-2H3. The zero-order chi connectivity index (χ0) is 10.6. The summed E-state index contributed by atoms with van der Waals surface area (Å²) in [4.78, 5) is 4.76. The molecular weight excluding hydrogens is 178 g/mol. The predicted octanol–water partition coefficient (Wildman–Crippen LogP) is -0.668. The van der Waals surface area contributed by atoms with Gasteiger partial charge in [-0.3, -0.25) is 4.90 Å². The quantitative estimate of drug-likeness (QED) is 0.633. The lowest BCUT2D eigenvalue weighted by atomic mass is 10.1. The molecule has 0 radical (unpaired) electrons. The van der Waals surface area contributed by atoms with Crippen LogP contribution >= 0.6 is 0 Å². The fourth-order valence-corrected chi connectivity index (χ4v) is 2.01. The monoisotopic (exact) mass is 201 g/mol. The van der Waals surface area contributed by atoms with Crippen LogP contribution in [0.1, 0.15) is 13.3 Å². The van der Waals surface area contributed by atoms with Gasteiger partial charge in [0.15, 0.2) is 0 Å². The van der Waals surface area contributed by atoms with Crippen LogP contribution in [0.3, 0.4) is 0 Å². The Balaban J connectivity index is 2.34. The summed E-state index contributed by atoms with van der Waals surface area (Å²) in [6, 6.07) is 0.561. The van der Waals surface area contributed by atoms with Crippen molar-refractivity contribution in [1.29, 1.82) is 0 Å². The Kier molecular flexibility index (Phi) is 4.81. The van der Waals surface area contributed by atoms with E-state index in [1.807, 2.05) is 0 Å². The van der Waals surface area contributed by atoms with Crippen molar-refractivity contribution in [2.45, 2.75) is 25.4 Å². The first-order valence-electron chi connectivity index (χ1n) is 5.46. The minimum atomic E-state index is -0.0871. The van der Waals surface area contributed by atoms with E-state index in [-0.39, 0.29) is 12.6 Å². The van der Waals surface area contributed by atoms with Gasteiger partial charge in [0.2, 0.25) is 0 Å². The van der Waals surface area contributed by atoms with Gasteiger partial charge in [-0.2, -0.15) is 0 Å². The summed E-state index contributed by atoms with van der Waals surface area (Å²) in [7, 11) is 2.18. The van der Waals surface area contributed by atoms with E-state index in [1.165, 1.54) is 6.42 Å². The molecule has 3 N–H and O–H groups in total. The molecule has 0 saturated carbocycles. The van der Waals surface area contributed by atoms with Gasteiger partial charge in [-0.05, 0) is 13.5 Å². The molecule has 0 aromatic heterocycles. The van der Waals surface area contributed by atoms with Crippen LogP contribution in [0.15, 0.2) is 0 Å². The molecule has 0 spiro atoms. The first-order valence-corrected chi connectivity index (χ1v) is 5.46. The Labute approximate surface area is 86.7 Å². The van der Waals surface area contributed by atoms with Crippen LogP contribution < -0.4 is 5.73 Å². The van der Waals surface area contributed by atoms with E-state index in [0.717, 1.165) is 26.2 Å². The molecule has 1 aliphatic heterocycles. The van der Waals surface area contributed by atoms with Crippen molar-refractivity contribution in [3.8, 4) is 0 Å². The first-order chi connectivity index (χ1) is 6.67. The molecule has 14 heavy (non-hydrogen) atoms. The molecule has 1 rings (SSSR count). The fourth-order valence-electron chi connectivity index (χ4n) is 2.01. The Morgan fingerprint density at radius 2 is 2.21 bits per heavy atom. The Hall–Kier alpha value is -0.160. The number of nitrogens with two attached hydrogens (primary N) is 1. The van der Waals surface area contributed by atoms with Crippen LogP contribution in [-0.2, 0) is 0 Å². The summed E-state index contributed by atoms with van der Waals surface area (Å²) in [5, 5.41) is 8.88. The van der Waals surface area contributed by atoms with Gasteiger partial charge >= 0.3 is 0 Å². The van der Waals surface area contributed by atoms with Gasteiger partial charge in [0.05, 0.1) is 6.61 Å². The minimum absolute atomic E-state index is 0.0864. The van der Waals surface area contributed by atoms with Gasteiger partial charge in [-0.15, -0.1) is 0 Å². The zero-order valence-corrected chi connectivity index (χ0v) is 9.32. The van der Waals surface area contributed by atoms with Crippen LogP contribution in [0.2, 0.25) is 0 Å². The third-order valence-corrected chi connectivity index (χ3v) is 3.06. The number of nitrogens with zero attached hydrogens (tertiary/aromatic N) is 2. The van der Waals surface area contributed by atoms with Crippen LogP contribution in [0.25, 0.3) is 0 Å². The minimum Gasteiger partial charge on any atom is -0.395 e. The molecular formula is C10H23N3O. The molecule has 0 aromatic rings. The molecule has 0 aliphatic carbocycles. The van der Waals surface area contributed by atoms with Crippen molar-refractivity contribution in [1.82, 2.24) is 9.80 Å². The SMILES string of the molecule is CCC1CN(CC(N)CO)CCN1C. The lowest BCUT2D eigenvalue weighted by Gasteiger charge is -2.39. The zero-order valence-electron chi connectivity index (χ0n) is 9.32. The van der Waals surface area contributed by atoms with Crippen molar-refractivity contribution in [3.63, 3.8) is 0 Å². The smallest absolute Gasteiger partial charge is 0.0595 e. The van der Waals surface area contributed by atoms with E-state index in [4.69, 9.17) is 10.8 Å². The van der Waals surface area contributed by atoms with Gasteiger partial charge < -0.3 is 15.7 Å². The van der Waals surface area contributed by atoms with E-state index < -0.39 is 0 Å². The summed E-state index contributed by atoms with van der Waals surface area (Å²) in [5.74, 6) is 0. The highest BCUT2D eigenvalue weighted by Gasteiger charge is 2.23. The number of hydrogen-bond acceptors (Lipinski definition) is 4. The largest absolute Gasteiger partial charge is 0.395 e.